The molecule has 5 nitrogen and oxygen atoms in total. The van der Waals surface area contributed by atoms with Gasteiger partial charge in [-0.15, -0.1) is 0 Å². The Morgan fingerprint density at radius 2 is 1.95 bits per heavy atom. The van der Waals surface area contributed by atoms with Crippen LogP contribution in [0.25, 0.3) is 0 Å². The number of ether oxygens (including phenoxy) is 1. The van der Waals surface area contributed by atoms with Gasteiger partial charge in [-0.05, 0) is 51.5 Å². The summed E-state index contributed by atoms with van der Waals surface area (Å²) in [6.07, 6.45) is -0.0896. The minimum absolute atomic E-state index is 0.0896. The molecule has 0 aromatic heterocycles. The van der Waals surface area contributed by atoms with Gasteiger partial charge in [-0.2, -0.15) is 0 Å². The van der Waals surface area contributed by atoms with E-state index in [0.717, 1.165) is 0 Å². The fourth-order valence-corrected chi connectivity index (χ4v) is 3.82. The molecule has 0 aliphatic carbocycles. The van der Waals surface area contributed by atoms with Gasteiger partial charge >= 0.3 is 5.97 Å². The van der Waals surface area contributed by atoms with Crippen LogP contribution in [-0.2, 0) is 26.0 Å². The van der Waals surface area contributed by atoms with E-state index in [9.17, 15) is 13.2 Å². The molecule has 0 fully saturated rings. The Morgan fingerprint density at radius 1 is 1.33 bits per heavy atom. The van der Waals surface area contributed by atoms with Crippen LogP contribution in [0.1, 0.15) is 33.3 Å². The van der Waals surface area contributed by atoms with Crippen molar-refractivity contribution in [2.75, 3.05) is 6.61 Å². The molecule has 0 unspecified atom stereocenters. The van der Waals surface area contributed by atoms with Crippen LogP contribution < -0.4 is 4.72 Å². The van der Waals surface area contributed by atoms with Crippen LogP contribution in [0.5, 0.6) is 0 Å². The molecule has 0 amide bonds. The number of benzene rings is 1. The summed E-state index contributed by atoms with van der Waals surface area (Å²) in [5.41, 5.74) is -0.202. The van der Waals surface area contributed by atoms with Crippen molar-refractivity contribution in [2.45, 2.75) is 44.6 Å². The summed E-state index contributed by atoms with van der Waals surface area (Å²) in [5, 5.41) is 0. The van der Waals surface area contributed by atoms with E-state index in [0.29, 0.717) is 10.0 Å². The van der Waals surface area contributed by atoms with E-state index in [1.54, 1.807) is 39.8 Å². The lowest BCUT2D eigenvalue weighted by Crippen LogP contribution is -2.40. The first-order valence-electron chi connectivity index (χ1n) is 6.53. The second-order valence-corrected chi connectivity index (χ2v) is 8.16. The van der Waals surface area contributed by atoms with Crippen molar-refractivity contribution < 1.29 is 17.9 Å². The number of carbonyl (C=O) groups excluding carboxylic acids is 1. The summed E-state index contributed by atoms with van der Waals surface area (Å²) >= 11 is 3.29. The molecule has 21 heavy (non-hydrogen) atoms. The van der Waals surface area contributed by atoms with Crippen molar-refractivity contribution in [1.29, 1.82) is 0 Å². The third-order valence-corrected chi connectivity index (χ3v) is 4.74. The van der Waals surface area contributed by atoms with Gasteiger partial charge in [0, 0.05) is 10.0 Å². The number of esters is 1. The number of rotatable bonds is 5. The molecule has 1 rings (SSSR count). The largest absolute Gasteiger partial charge is 0.466 e. The Kier molecular flexibility index (Phi) is 5.95. The van der Waals surface area contributed by atoms with E-state index in [4.69, 9.17) is 4.74 Å². The summed E-state index contributed by atoms with van der Waals surface area (Å²) in [6.45, 7) is 7.24. The summed E-state index contributed by atoms with van der Waals surface area (Å²) in [5.74, 6) is -0.456. The van der Waals surface area contributed by atoms with Crippen molar-refractivity contribution in [3.63, 3.8) is 0 Å². The summed E-state index contributed by atoms with van der Waals surface area (Å²) in [4.78, 5) is 11.7. The van der Waals surface area contributed by atoms with E-state index in [1.165, 1.54) is 6.07 Å². The van der Waals surface area contributed by atoms with Crippen LogP contribution in [-0.4, -0.2) is 26.5 Å². The normalized spacial score (nSPS) is 12.2. The molecule has 0 atom stereocenters. The maximum atomic E-state index is 12.4. The molecule has 0 bridgehead atoms. The first kappa shape index (κ1) is 18.1. The second kappa shape index (κ2) is 6.89. The molecule has 118 valence electrons. The molecular weight excluding hydrogens is 358 g/mol. The number of hydrogen-bond donors (Lipinski definition) is 1. The van der Waals surface area contributed by atoms with Gasteiger partial charge in [-0.25, -0.2) is 13.1 Å². The van der Waals surface area contributed by atoms with Gasteiger partial charge in [0.25, 0.3) is 0 Å². The lowest BCUT2D eigenvalue weighted by Gasteiger charge is -2.21. The Balaban J connectivity index is 3.21. The third kappa shape index (κ3) is 5.76. The highest BCUT2D eigenvalue weighted by Gasteiger charge is 2.25. The fourth-order valence-electron chi connectivity index (χ4n) is 1.77. The fraction of sp³-hybridized carbons (Fsp3) is 0.500. The number of nitrogens with one attached hydrogen (secondary N) is 1. The molecule has 0 aliphatic heterocycles. The molecule has 0 spiro atoms. The Morgan fingerprint density at radius 3 is 2.48 bits per heavy atom. The predicted molar refractivity (Wildman–Crippen MR) is 84.6 cm³/mol. The Labute approximate surface area is 134 Å². The molecule has 0 saturated carbocycles. The topological polar surface area (TPSA) is 72.5 Å². The third-order valence-electron chi connectivity index (χ3n) is 2.39. The van der Waals surface area contributed by atoms with Gasteiger partial charge in [0.05, 0.1) is 17.9 Å². The van der Waals surface area contributed by atoms with Crippen molar-refractivity contribution in [1.82, 2.24) is 4.72 Å². The van der Waals surface area contributed by atoms with Gasteiger partial charge in [0.15, 0.2) is 0 Å². The highest BCUT2D eigenvalue weighted by Crippen LogP contribution is 2.23. The van der Waals surface area contributed by atoms with Crippen LogP contribution in [0, 0.1) is 0 Å². The zero-order chi connectivity index (χ0) is 16.3. The molecular formula is C14H20BrNO4S. The molecule has 7 heteroatoms. The summed E-state index contributed by atoms with van der Waals surface area (Å²) < 4.78 is 33.1. The maximum absolute atomic E-state index is 12.4. The SMILES string of the molecule is CCOC(=O)Cc1cc(Br)ccc1S(=O)(=O)NC(C)(C)C. The molecule has 0 radical (unpaired) electrons. The van der Waals surface area contributed by atoms with E-state index >= 15 is 0 Å². The highest BCUT2D eigenvalue weighted by molar-refractivity contribution is 9.10. The minimum Gasteiger partial charge on any atom is -0.466 e. The van der Waals surface area contributed by atoms with Crippen molar-refractivity contribution in [3.05, 3.63) is 28.2 Å². The van der Waals surface area contributed by atoms with Gasteiger partial charge < -0.3 is 4.74 Å². The number of carbonyl (C=O) groups is 1. The van der Waals surface area contributed by atoms with Gasteiger partial charge in [0.1, 0.15) is 0 Å². The van der Waals surface area contributed by atoms with E-state index < -0.39 is 21.5 Å². The van der Waals surface area contributed by atoms with E-state index in [1.807, 2.05) is 0 Å². The second-order valence-electron chi connectivity index (χ2n) is 5.59. The molecule has 1 aromatic carbocycles. The predicted octanol–water partition coefficient (Wildman–Crippen LogP) is 2.63. The maximum Gasteiger partial charge on any atom is 0.310 e. The zero-order valence-electron chi connectivity index (χ0n) is 12.6. The average Bonchev–Trinajstić information content (AvgIpc) is 2.25. The number of halogens is 1. The molecule has 0 heterocycles. The first-order chi connectivity index (χ1) is 9.55. The zero-order valence-corrected chi connectivity index (χ0v) is 15.0. The highest BCUT2D eigenvalue weighted by atomic mass is 79.9. The number of hydrogen-bond acceptors (Lipinski definition) is 4. The number of sulfonamides is 1. The van der Waals surface area contributed by atoms with Crippen molar-refractivity contribution in [2.24, 2.45) is 0 Å². The van der Waals surface area contributed by atoms with Crippen LogP contribution in [0.15, 0.2) is 27.6 Å². The van der Waals surface area contributed by atoms with Gasteiger partial charge in [0.2, 0.25) is 10.0 Å². The lowest BCUT2D eigenvalue weighted by atomic mass is 10.1. The summed E-state index contributed by atoms with van der Waals surface area (Å²) in [7, 11) is -3.70. The van der Waals surface area contributed by atoms with E-state index in [2.05, 4.69) is 20.7 Å². The molecule has 1 aromatic rings. The average molecular weight is 378 g/mol. The smallest absolute Gasteiger partial charge is 0.310 e. The standard InChI is InChI=1S/C14H20BrNO4S/c1-5-20-13(17)9-10-8-11(15)6-7-12(10)21(18,19)16-14(2,3)4/h6-8,16H,5,9H2,1-4H3. The lowest BCUT2D eigenvalue weighted by molar-refractivity contribution is -0.142. The van der Waals surface area contributed by atoms with Crippen molar-refractivity contribution in [3.8, 4) is 0 Å². The monoisotopic (exact) mass is 377 g/mol. The molecule has 0 aliphatic rings. The van der Waals surface area contributed by atoms with Gasteiger partial charge in [-0.1, -0.05) is 15.9 Å². The van der Waals surface area contributed by atoms with Gasteiger partial charge in [-0.3, -0.25) is 4.79 Å². The van der Waals surface area contributed by atoms with Crippen LogP contribution >= 0.6 is 15.9 Å². The molecule has 1 N–H and O–H groups in total. The Bertz CT molecular complexity index is 620. The van der Waals surface area contributed by atoms with Crippen molar-refractivity contribution >= 4 is 31.9 Å². The van der Waals surface area contributed by atoms with Crippen LogP contribution in [0.3, 0.4) is 0 Å². The van der Waals surface area contributed by atoms with E-state index in [-0.39, 0.29) is 17.9 Å². The first-order valence-corrected chi connectivity index (χ1v) is 8.81. The Hall–Kier alpha value is -0.920. The molecule has 0 saturated heterocycles. The van der Waals surface area contributed by atoms with Crippen LogP contribution in [0.4, 0.5) is 0 Å². The quantitative estimate of drug-likeness (QED) is 0.800. The summed E-state index contributed by atoms with van der Waals surface area (Å²) in [6, 6.07) is 4.73. The van der Waals surface area contributed by atoms with Crippen LogP contribution in [0.2, 0.25) is 0 Å². The minimum atomic E-state index is -3.70.